The van der Waals surface area contributed by atoms with Crippen molar-refractivity contribution in [1.29, 1.82) is 0 Å². The predicted octanol–water partition coefficient (Wildman–Crippen LogP) is 1.41. The van der Waals surface area contributed by atoms with E-state index in [1.165, 1.54) is 0 Å². The zero-order valence-corrected chi connectivity index (χ0v) is 12.5. The molecule has 0 aliphatic rings. The Labute approximate surface area is 125 Å². The van der Waals surface area contributed by atoms with Crippen molar-refractivity contribution in [3.63, 3.8) is 0 Å². The number of carbonyl (C=O) groups is 1. The Morgan fingerprint density at radius 3 is 2.71 bits per heavy atom. The SMILES string of the molecule is CC(C(=O)NCCc1cnn(C)c1)C(N)c1ccccc1. The van der Waals surface area contributed by atoms with Crippen LogP contribution in [0.15, 0.2) is 42.7 Å². The first kappa shape index (κ1) is 15.3. The summed E-state index contributed by atoms with van der Waals surface area (Å²) in [6.45, 7) is 2.45. The van der Waals surface area contributed by atoms with Crippen LogP contribution in [0, 0.1) is 5.92 Å². The number of aryl methyl sites for hydroxylation is 1. The maximum atomic E-state index is 12.1. The monoisotopic (exact) mass is 286 g/mol. The van der Waals surface area contributed by atoms with Crippen LogP contribution in [-0.4, -0.2) is 22.2 Å². The molecule has 1 aromatic heterocycles. The van der Waals surface area contributed by atoms with Crippen LogP contribution in [0.25, 0.3) is 0 Å². The van der Waals surface area contributed by atoms with E-state index in [9.17, 15) is 4.79 Å². The van der Waals surface area contributed by atoms with Gasteiger partial charge < -0.3 is 11.1 Å². The average molecular weight is 286 g/mol. The molecule has 5 heteroatoms. The summed E-state index contributed by atoms with van der Waals surface area (Å²) < 4.78 is 1.76. The molecule has 1 amide bonds. The standard InChI is InChI=1S/C16H22N4O/c1-12(15(17)14-6-4-3-5-7-14)16(21)18-9-8-13-10-19-20(2)11-13/h3-7,10-12,15H,8-9,17H2,1-2H3,(H,18,21). The van der Waals surface area contributed by atoms with E-state index >= 15 is 0 Å². The third-order valence-electron chi connectivity index (χ3n) is 3.61. The molecule has 3 N–H and O–H groups in total. The molecule has 0 fully saturated rings. The summed E-state index contributed by atoms with van der Waals surface area (Å²) in [5.41, 5.74) is 8.24. The van der Waals surface area contributed by atoms with Gasteiger partial charge in [0.1, 0.15) is 0 Å². The minimum atomic E-state index is -0.287. The van der Waals surface area contributed by atoms with Gasteiger partial charge in [-0.15, -0.1) is 0 Å². The summed E-state index contributed by atoms with van der Waals surface area (Å²) in [5, 5.41) is 7.04. The van der Waals surface area contributed by atoms with Gasteiger partial charge in [0.15, 0.2) is 0 Å². The Hall–Kier alpha value is -2.14. The Morgan fingerprint density at radius 2 is 2.10 bits per heavy atom. The number of aromatic nitrogens is 2. The molecule has 0 aliphatic carbocycles. The number of rotatable bonds is 6. The number of benzene rings is 1. The first-order chi connectivity index (χ1) is 10.1. The predicted molar refractivity (Wildman–Crippen MR) is 82.5 cm³/mol. The van der Waals surface area contributed by atoms with E-state index < -0.39 is 0 Å². The number of nitrogens with two attached hydrogens (primary N) is 1. The minimum absolute atomic E-state index is 0.0183. The van der Waals surface area contributed by atoms with E-state index in [0.29, 0.717) is 6.54 Å². The van der Waals surface area contributed by atoms with Gasteiger partial charge in [0.05, 0.1) is 12.1 Å². The third kappa shape index (κ3) is 4.16. The van der Waals surface area contributed by atoms with Gasteiger partial charge >= 0.3 is 0 Å². The van der Waals surface area contributed by atoms with Crippen LogP contribution >= 0.6 is 0 Å². The van der Waals surface area contributed by atoms with Crippen LogP contribution in [0.5, 0.6) is 0 Å². The normalized spacial score (nSPS) is 13.7. The second-order valence-electron chi connectivity index (χ2n) is 5.29. The Bertz CT molecular complexity index is 579. The fourth-order valence-corrected chi connectivity index (χ4v) is 2.22. The second-order valence-corrected chi connectivity index (χ2v) is 5.29. The molecule has 0 saturated carbocycles. The smallest absolute Gasteiger partial charge is 0.224 e. The molecule has 21 heavy (non-hydrogen) atoms. The highest BCUT2D eigenvalue weighted by Gasteiger charge is 2.21. The van der Waals surface area contributed by atoms with Crippen molar-refractivity contribution in [1.82, 2.24) is 15.1 Å². The van der Waals surface area contributed by atoms with Crippen LogP contribution in [0.2, 0.25) is 0 Å². The molecule has 0 spiro atoms. The van der Waals surface area contributed by atoms with Gasteiger partial charge in [-0.25, -0.2) is 0 Å². The van der Waals surface area contributed by atoms with Crippen LogP contribution in [0.1, 0.15) is 24.1 Å². The molecule has 0 saturated heterocycles. The molecule has 2 unspecified atom stereocenters. The van der Waals surface area contributed by atoms with Crippen molar-refractivity contribution in [3.8, 4) is 0 Å². The van der Waals surface area contributed by atoms with Gasteiger partial charge in [-0.05, 0) is 17.5 Å². The van der Waals surface area contributed by atoms with Gasteiger partial charge in [-0.1, -0.05) is 37.3 Å². The topological polar surface area (TPSA) is 72.9 Å². The highest BCUT2D eigenvalue weighted by atomic mass is 16.1. The van der Waals surface area contributed by atoms with E-state index in [0.717, 1.165) is 17.5 Å². The number of nitrogens with one attached hydrogen (secondary N) is 1. The molecular weight excluding hydrogens is 264 g/mol. The lowest BCUT2D eigenvalue weighted by Crippen LogP contribution is -2.36. The molecule has 2 rings (SSSR count). The summed E-state index contributed by atoms with van der Waals surface area (Å²) in [4.78, 5) is 12.1. The first-order valence-electron chi connectivity index (χ1n) is 7.13. The lowest BCUT2D eigenvalue weighted by atomic mass is 9.94. The van der Waals surface area contributed by atoms with E-state index in [1.807, 2.05) is 56.7 Å². The quantitative estimate of drug-likeness (QED) is 0.843. The van der Waals surface area contributed by atoms with Gasteiger partial charge in [-0.3, -0.25) is 9.48 Å². The zero-order chi connectivity index (χ0) is 15.2. The molecular formula is C16H22N4O. The number of hydrogen-bond acceptors (Lipinski definition) is 3. The van der Waals surface area contributed by atoms with Crippen LogP contribution < -0.4 is 11.1 Å². The van der Waals surface area contributed by atoms with Crippen molar-refractivity contribution in [3.05, 3.63) is 53.9 Å². The second kappa shape index (κ2) is 7.04. The Kier molecular flexibility index (Phi) is 5.11. The van der Waals surface area contributed by atoms with Gasteiger partial charge in [0.25, 0.3) is 0 Å². The minimum Gasteiger partial charge on any atom is -0.355 e. The van der Waals surface area contributed by atoms with Crippen molar-refractivity contribution in [2.24, 2.45) is 18.7 Å². The zero-order valence-electron chi connectivity index (χ0n) is 12.5. The van der Waals surface area contributed by atoms with Crippen LogP contribution in [0.4, 0.5) is 0 Å². The summed E-state index contributed by atoms with van der Waals surface area (Å²) in [6.07, 6.45) is 4.53. The Morgan fingerprint density at radius 1 is 1.38 bits per heavy atom. The average Bonchev–Trinajstić information content (AvgIpc) is 2.92. The van der Waals surface area contributed by atoms with E-state index in [1.54, 1.807) is 4.68 Å². The molecule has 0 bridgehead atoms. The maximum absolute atomic E-state index is 12.1. The molecule has 5 nitrogen and oxygen atoms in total. The van der Waals surface area contributed by atoms with Crippen molar-refractivity contribution < 1.29 is 4.79 Å². The van der Waals surface area contributed by atoms with E-state index in [-0.39, 0.29) is 17.9 Å². The third-order valence-corrected chi connectivity index (χ3v) is 3.61. The van der Waals surface area contributed by atoms with Crippen LogP contribution in [0.3, 0.4) is 0 Å². The fraction of sp³-hybridized carbons (Fsp3) is 0.375. The molecule has 0 radical (unpaired) electrons. The van der Waals surface area contributed by atoms with Crippen LogP contribution in [-0.2, 0) is 18.3 Å². The highest BCUT2D eigenvalue weighted by Crippen LogP contribution is 2.18. The van der Waals surface area contributed by atoms with Crippen molar-refractivity contribution >= 4 is 5.91 Å². The highest BCUT2D eigenvalue weighted by molar-refractivity contribution is 5.79. The number of amides is 1. The van der Waals surface area contributed by atoms with Gasteiger partial charge in [-0.2, -0.15) is 5.10 Å². The largest absolute Gasteiger partial charge is 0.355 e. The molecule has 2 aromatic rings. The number of hydrogen-bond donors (Lipinski definition) is 2. The molecule has 2 atom stereocenters. The number of carbonyl (C=O) groups excluding carboxylic acids is 1. The van der Waals surface area contributed by atoms with Gasteiger partial charge in [0.2, 0.25) is 5.91 Å². The summed E-state index contributed by atoms with van der Waals surface area (Å²) >= 11 is 0. The van der Waals surface area contributed by atoms with E-state index in [4.69, 9.17) is 5.73 Å². The molecule has 112 valence electrons. The van der Waals surface area contributed by atoms with E-state index in [2.05, 4.69) is 10.4 Å². The molecule has 1 heterocycles. The molecule has 0 aliphatic heterocycles. The fourth-order valence-electron chi connectivity index (χ4n) is 2.22. The summed E-state index contributed by atoms with van der Waals surface area (Å²) in [6, 6.07) is 9.41. The summed E-state index contributed by atoms with van der Waals surface area (Å²) in [5.74, 6) is -0.281. The first-order valence-corrected chi connectivity index (χ1v) is 7.13. The molecule has 1 aromatic carbocycles. The number of nitrogens with zero attached hydrogens (tertiary/aromatic N) is 2. The maximum Gasteiger partial charge on any atom is 0.224 e. The lowest BCUT2D eigenvalue weighted by Gasteiger charge is -2.19. The van der Waals surface area contributed by atoms with Crippen molar-refractivity contribution in [2.45, 2.75) is 19.4 Å². The van der Waals surface area contributed by atoms with Crippen molar-refractivity contribution in [2.75, 3.05) is 6.54 Å². The summed E-state index contributed by atoms with van der Waals surface area (Å²) in [7, 11) is 1.88. The Balaban J connectivity index is 1.82. The lowest BCUT2D eigenvalue weighted by molar-refractivity contribution is -0.125. The van der Waals surface area contributed by atoms with Gasteiger partial charge in [0, 0.05) is 25.8 Å².